The predicted octanol–water partition coefficient (Wildman–Crippen LogP) is 5.50. The van der Waals surface area contributed by atoms with Gasteiger partial charge in [0, 0.05) is 52.9 Å². The topological polar surface area (TPSA) is 155 Å². The molecule has 0 saturated carbocycles. The minimum Gasteiger partial charge on any atom is -0.481 e. The van der Waals surface area contributed by atoms with E-state index in [2.05, 4.69) is 10.3 Å². The van der Waals surface area contributed by atoms with E-state index in [-0.39, 0.29) is 29.6 Å². The zero-order chi connectivity index (χ0) is 33.2. The Bertz CT molecular complexity index is 2120. The van der Waals surface area contributed by atoms with E-state index in [0.717, 1.165) is 0 Å². The van der Waals surface area contributed by atoms with Gasteiger partial charge in [0.1, 0.15) is 17.4 Å². The van der Waals surface area contributed by atoms with Gasteiger partial charge in [-0.3, -0.25) is 18.8 Å². The summed E-state index contributed by atoms with van der Waals surface area (Å²) in [7, 11) is 1.48. The number of halogens is 2. The van der Waals surface area contributed by atoms with Crippen LogP contribution < -0.4 is 21.3 Å². The summed E-state index contributed by atoms with van der Waals surface area (Å²) in [4.78, 5) is 56.0. The van der Waals surface area contributed by atoms with Crippen LogP contribution in [0, 0.1) is 0 Å². The van der Waals surface area contributed by atoms with Crippen molar-refractivity contribution in [2.75, 3.05) is 7.11 Å². The SMILES string of the molecule is COc1nc(-c2cccc(-c3cccc(-c4ccn5c(=O)cc(C=O)nc5c4)c3Cl)c2Cl)ccc1CC(OC(N)=O)C1CCC(=O)N1. The molecule has 0 spiro atoms. The second kappa shape index (κ2) is 13.2. The van der Waals surface area contributed by atoms with Gasteiger partial charge in [0.15, 0.2) is 6.29 Å². The first-order valence-electron chi connectivity index (χ1n) is 14.5. The number of amides is 2. The maximum atomic E-state index is 12.4. The third kappa shape index (κ3) is 6.40. The number of benzene rings is 2. The molecule has 2 amide bonds. The number of carbonyl (C=O) groups is 3. The molecular formula is C34H27Cl2N5O6. The number of ether oxygens (including phenoxy) is 2. The molecule has 3 N–H and O–H groups in total. The number of fused-ring (bicyclic) bond motifs is 1. The number of rotatable bonds is 9. The van der Waals surface area contributed by atoms with Crippen molar-refractivity contribution in [2.24, 2.45) is 5.73 Å². The third-order valence-corrected chi connectivity index (χ3v) is 8.80. The highest BCUT2D eigenvalue weighted by molar-refractivity contribution is 6.39. The van der Waals surface area contributed by atoms with Gasteiger partial charge < -0.3 is 20.5 Å². The highest BCUT2D eigenvalue weighted by atomic mass is 35.5. The number of methoxy groups -OCH3 is 1. The summed E-state index contributed by atoms with van der Waals surface area (Å²) < 4.78 is 12.3. The number of pyridine rings is 2. The van der Waals surface area contributed by atoms with Crippen LogP contribution in [-0.4, -0.2) is 51.9 Å². The number of nitrogens with one attached hydrogen (secondary N) is 1. The number of hydrogen-bond donors (Lipinski definition) is 2. The molecule has 238 valence electrons. The molecule has 6 rings (SSSR count). The third-order valence-electron chi connectivity index (χ3n) is 7.98. The van der Waals surface area contributed by atoms with Gasteiger partial charge in [-0.05, 0) is 30.2 Å². The molecule has 47 heavy (non-hydrogen) atoms. The molecule has 1 aliphatic heterocycles. The normalized spacial score (nSPS) is 14.9. The van der Waals surface area contributed by atoms with Gasteiger partial charge in [0.25, 0.3) is 5.56 Å². The lowest BCUT2D eigenvalue weighted by Crippen LogP contribution is -2.42. The highest BCUT2D eigenvalue weighted by Crippen LogP contribution is 2.42. The molecule has 3 aromatic heterocycles. The fourth-order valence-electron chi connectivity index (χ4n) is 5.75. The van der Waals surface area contributed by atoms with Crippen LogP contribution in [0.25, 0.3) is 39.2 Å². The summed E-state index contributed by atoms with van der Waals surface area (Å²) in [5, 5.41) is 3.65. The summed E-state index contributed by atoms with van der Waals surface area (Å²) in [6.07, 6.45) is 1.54. The Labute approximate surface area is 278 Å². The van der Waals surface area contributed by atoms with Gasteiger partial charge in [0.2, 0.25) is 11.8 Å². The molecule has 1 aliphatic rings. The van der Waals surface area contributed by atoms with Crippen LogP contribution >= 0.6 is 23.2 Å². The molecule has 0 aliphatic carbocycles. The highest BCUT2D eigenvalue weighted by Gasteiger charge is 2.32. The van der Waals surface area contributed by atoms with Gasteiger partial charge >= 0.3 is 6.09 Å². The van der Waals surface area contributed by atoms with E-state index >= 15 is 0 Å². The number of aromatic nitrogens is 3. The predicted molar refractivity (Wildman–Crippen MR) is 177 cm³/mol. The van der Waals surface area contributed by atoms with Gasteiger partial charge in [-0.1, -0.05) is 65.7 Å². The Balaban J connectivity index is 1.34. The van der Waals surface area contributed by atoms with E-state index in [1.165, 1.54) is 17.6 Å². The van der Waals surface area contributed by atoms with E-state index in [1.54, 1.807) is 30.5 Å². The van der Waals surface area contributed by atoms with Crippen LogP contribution in [0.5, 0.6) is 5.88 Å². The molecule has 2 unspecified atom stereocenters. The summed E-state index contributed by atoms with van der Waals surface area (Å²) in [5.74, 6) is 0.182. The van der Waals surface area contributed by atoms with Crippen LogP contribution in [-0.2, 0) is 16.0 Å². The van der Waals surface area contributed by atoms with Crippen molar-refractivity contribution >= 4 is 47.1 Å². The van der Waals surface area contributed by atoms with Crippen molar-refractivity contribution < 1.29 is 23.9 Å². The zero-order valence-corrected chi connectivity index (χ0v) is 26.4. The Kier molecular flexibility index (Phi) is 8.93. The lowest BCUT2D eigenvalue weighted by atomic mass is 9.96. The quantitative estimate of drug-likeness (QED) is 0.195. The number of carbonyl (C=O) groups excluding carboxylic acids is 3. The zero-order valence-electron chi connectivity index (χ0n) is 24.9. The Morgan fingerprint density at radius 1 is 1.02 bits per heavy atom. The average molecular weight is 673 g/mol. The van der Waals surface area contributed by atoms with Crippen LogP contribution in [0.4, 0.5) is 4.79 Å². The van der Waals surface area contributed by atoms with E-state index in [1.807, 2.05) is 36.4 Å². The van der Waals surface area contributed by atoms with Crippen molar-refractivity contribution in [3.8, 4) is 39.4 Å². The van der Waals surface area contributed by atoms with Crippen molar-refractivity contribution in [3.05, 3.63) is 105 Å². The minimum atomic E-state index is -0.939. The number of nitrogens with zero attached hydrogens (tertiary/aromatic N) is 3. The largest absolute Gasteiger partial charge is 0.481 e. The fraction of sp³-hybridized carbons (Fsp3) is 0.176. The maximum Gasteiger partial charge on any atom is 0.404 e. The number of nitrogens with two attached hydrogens (primary N) is 1. The molecule has 13 heteroatoms. The first-order chi connectivity index (χ1) is 22.7. The Hall–Kier alpha value is -5.26. The molecule has 0 radical (unpaired) electrons. The van der Waals surface area contributed by atoms with Crippen LogP contribution in [0.2, 0.25) is 10.0 Å². The molecule has 2 atom stereocenters. The Morgan fingerprint density at radius 2 is 1.72 bits per heavy atom. The second-order valence-corrected chi connectivity index (χ2v) is 11.6. The number of hydrogen-bond acceptors (Lipinski definition) is 8. The monoisotopic (exact) mass is 671 g/mol. The lowest BCUT2D eigenvalue weighted by Gasteiger charge is -2.23. The van der Waals surface area contributed by atoms with Gasteiger partial charge in [-0.15, -0.1) is 0 Å². The van der Waals surface area contributed by atoms with E-state index in [9.17, 15) is 19.2 Å². The molecule has 1 saturated heterocycles. The van der Waals surface area contributed by atoms with Crippen molar-refractivity contribution in [1.29, 1.82) is 0 Å². The van der Waals surface area contributed by atoms with Crippen LogP contribution in [0.1, 0.15) is 28.9 Å². The van der Waals surface area contributed by atoms with Crippen LogP contribution in [0.3, 0.4) is 0 Å². The summed E-state index contributed by atoms with van der Waals surface area (Å²) >= 11 is 14.0. The maximum absolute atomic E-state index is 12.4. The number of primary amides is 1. The standard InChI is InChI=1S/C34H27Cl2N5O6/c1-46-33-19(14-27(47-34(37)45)26-10-11-29(43)39-26)8-9-25(40-33)24-7-3-6-23(32(24)36)22-5-2-4-21(31(22)35)18-12-13-41-28(15-18)38-20(17-42)16-30(41)44/h2-9,12-13,15-17,26-27H,10-11,14H2,1H3,(H2,37,45)(H,39,43). The first kappa shape index (κ1) is 31.7. The van der Waals surface area contributed by atoms with E-state index in [0.29, 0.717) is 79.8 Å². The molecule has 11 nitrogen and oxygen atoms in total. The summed E-state index contributed by atoms with van der Waals surface area (Å²) in [6.45, 7) is 0. The van der Waals surface area contributed by atoms with Crippen molar-refractivity contribution in [1.82, 2.24) is 19.7 Å². The molecule has 5 aromatic rings. The lowest BCUT2D eigenvalue weighted by molar-refractivity contribution is -0.119. The smallest absolute Gasteiger partial charge is 0.404 e. The second-order valence-electron chi connectivity index (χ2n) is 10.9. The number of aldehydes is 1. The molecule has 2 aromatic carbocycles. The molecule has 1 fully saturated rings. The summed E-state index contributed by atoms with van der Waals surface area (Å²) in [6, 6.07) is 18.9. The first-order valence-corrected chi connectivity index (χ1v) is 15.3. The van der Waals surface area contributed by atoms with Crippen molar-refractivity contribution in [2.45, 2.75) is 31.4 Å². The van der Waals surface area contributed by atoms with Gasteiger partial charge in [0.05, 0.1) is 28.9 Å². The van der Waals surface area contributed by atoms with E-state index < -0.39 is 12.2 Å². The van der Waals surface area contributed by atoms with E-state index in [4.69, 9.17) is 43.4 Å². The average Bonchev–Trinajstić information content (AvgIpc) is 3.50. The molecular weight excluding hydrogens is 645 g/mol. The van der Waals surface area contributed by atoms with Gasteiger partial charge in [-0.25, -0.2) is 14.8 Å². The fourth-order valence-corrected chi connectivity index (χ4v) is 6.41. The van der Waals surface area contributed by atoms with Gasteiger partial charge in [-0.2, -0.15) is 0 Å². The Morgan fingerprint density at radius 3 is 2.38 bits per heavy atom. The minimum absolute atomic E-state index is 0.0370. The van der Waals surface area contributed by atoms with Crippen molar-refractivity contribution in [3.63, 3.8) is 0 Å². The van der Waals surface area contributed by atoms with Crippen LogP contribution in [0.15, 0.2) is 77.7 Å². The molecule has 4 heterocycles. The summed E-state index contributed by atoms with van der Waals surface area (Å²) in [5.41, 5.74) is 9.79. The molecule has 0 bridgehead atoms.